The lowest BCUT2D eigenvalue weighted by molar-refractivity contribution is 0.0722. The molecule has 0 amide bonds. The smallest absolute Gasteiger partial charge is 0.241 e. The van der Waals surface area contributed by atoms with E-state index in [1.165, 1.54) is 4.80 Å². The highest BCUT2D eigenvalue weighted by atomic mass is 16.1. The van der Waals surface area contributed by atoms with Crippen molar-refractivity contribution >= 4 is 5.78 Å². The Morgan fingerprint density at radius 1 is 1.33 bits per heavy atom. The Labute approximate surface area is 88.8 Å². The first kappa shape index (κ1) is 11.8. The molecule has 1 heterocycles. The molecular weight excluding hydrogens is 194 g/mol. The Kier molecular flexibility index (Phi) is 2.65. The quantitative estimate of drug-likeness (QED) is 0.719. The summed E-state index contributed by atoms with van der Waals surface area (Å²) in [6.07, 6.45) is 0. The molecular formula is C9H17N5O. The number of hydrogen-bond donors (Lipinski definition) is 1. The number of hydrogen-bond acceptors (Lipinski definition) is 5. The summed E-state index contributed by atoms with van der Waals surface area (Å²) in [5, 5.41) is 11.2. The first-order valence-corrected chi connectivity index (χ1v) is 4.74. The summed E-state index contributed by atoms with van der Waals surface area (Å²) in [6.45, 7) is 7.18. The Balaban J connectivity index is 3.05. The lowest BCUT2D eigenvalue weighted by atomic mass is 9.72. The molecule has 0 aromatic carbocycles. The molecule has 2 N–H and O–H groups in total. The predicted octanol–water partition coefficient (Wildman–Crippen LogP) is 0.156. The van der Waals surface area contributed by atoms with E-state index < -0.39 is 11.0 Å². The van der Waals surface area contributed by atoms with Crippen LogP contribution in [0.1, 0.15) is 38.3 Å². The van der Waals surface area contributed by atoms with Gasteiger partial charge in [-0.2, -0.15) is 4.80 Å². The number of carbonyl (C=O) groups excluding carboxylic acids is 1. The van der Waals surface area contributed by atoms with E-state index in [1.54, 1.807) is 34.7 Å². The lowest BCUT2D eigenvalue weighted by Crippen LogP contribution is -2.52. The lowest BCUT2D eigenvalue weighted by Gasteiger charge is -2.35. The van der Waals surface area contributed by atoms with Crippen LogP contribution >= 0.6 is 0 Å². The molecule has 0 aliphatic rings. The van der Waals surface area contributed by atoms with Crippen molar-refractivity contribution in [2.24, 2.45) is 18.2 Å². The molecule has 0 aliphatic heterocycles. The van der Waals surface area contributed by atoms with Gasteiger partial charge in [-0.3, -0.25) is 4.79 Å². The zero-order chi connectivity index (χ0) is 11.9. The topological polar surface area (TPSA) is 86.7 Å². The number of Topliss-reactive ketones (excluding diaryl/α,β-unsaturated/α-hetero) is 1. The van der Waals surface area contributed by atoms with E-state index in [2.05, 4.69) is 15.4 Å². The number of tetrazole rings is 1. The van der Waals surface area contributed by atoms with Gasteiger partial charge in [-0.1, -0.05) is 13.8 Å². The molecule has 0 atom stereocenters. The summed E-state index contributed by atoms with van der Waals surface area (Å²) in [7, 11) is 1.62. The van der Waals surface area contributed by atoms with Gasteiger partial charge in [0.25, 0.3) is 0 Å². The number of ketones is 1. The zero-order valence-electron chi connectivity index (χ0n) is 9.77. The van der Waals surface area contributed by atoms with E-state index in [1.807, 2.05) is 0 Å². The molecule has 1 rings (SSSR count). The second-order valence-electron chi connectivity index (χ2n) is 4.78. The third-order valence-electron chi connectivity index (χ3n) is 2.89. The number of nitrogens with two attached hydrogens (primary N) is 1. The molecule has 0 spiro atoms. The van der Waals surface area contributed by atoms with Crippen molar-refractivity contribution in [3.8, 4) is 0 Å². The van der Waals surface area contributed by atoms with Crippen LogP contribution in [-0.4, -0.2) is 31.5 Å². The molecule has 0 saturated carbocycles. The van der Waals surface area contributed by atoms with E-state index in [9.17, 15) is 4.79 Å². The van der Waals surface area contributed by atoms with Crippen molar-refractivity contribution < 1.29 is 4.79 Å². The van der Waals surface area contributed by atoms with Crippen LogP contribution in [-0.2, 0) is 7.05 Å². The van der Waals surface area contributed by atoms with Crippen LogP contribution in [0.2, 0.25) is 0 Å². The second kappa shape index (κ2) is 3.37. The molecule has 1 aromatic rings. The SMILES string of the molecule is Cn1nnc(C(=O)C(C)(C)C(C)(C)N)n1. The Bertz CT molecular complexity index is 374. The van der Waals surface area contributed by atoms with E-state index in [4.69, 9.17) is 5.73 Å². The van der Waals surface area contributed by atoms with Gasteiger partial charge in [0.15, 0.2) is 0 Å². The maximum atomic E-state index is 12.1. The largest absolute Gasteiger partial charge is 0.325 e. The van der Waals surface area contributed by atoms with Gasteiger partial charge in [-0.15, -0.1) is 10.2 Å². The van der Waals surface area contributed by atoms with Gasteiger partial charge < -0.3 is 5.73 Å². The molecule has 0 bridgehead atoms. The van der Waals surface area contributed by atoms with Gasteiger partial charge >= 0.3 is 0 Å². The summed E-state index contributed by atoms with van der Waals surface area (Å²) in [5.74, 6) is -0.0795. The average molecular weight is 211 g/mol. The molecule has 0 saturated heterocycles. The summed E-state index contributed by atoms with van der Waals surface area (Å²) in [6, 6.07) is 0. The molecule has 0 unspecified atom stereocenters. The maximum absolute atomic E-state index is 12.1. The van der Waals surface area contributed by atoms with Crippen LogP contribution in [0.4, 0.5) is 0 Å². The van der Waals surface area contributed by atoms with E-state index in [-0.39, 0.29) is 11.6 Å². The summed E-state index contributed by atoms with van der Waals surface area (Å²) in [5.41, 5.74) is 4.59. The van der Waals surface area contributed by atoms with Gasteiger partial charge in [0, 0.05) is 11.0 Å². The molecule has 1 aromatic heterocycles. The van der Waals surface area contributed by atoms with Crippen molar-refractivity contribution in [2.75, 3.05) is 0 Å². The highest BCUT2D eigenvalue weighted by molar-refractivity contribution is 5.97. The highest BCUT2D eigenvalue weighted by Crippen LogP contribution is 2.31. The maximum Gasteiger partial charge on any atom is 0.241 e. The third kappa shape index (κ3) is 2.04. The van der Waals surface area contributed by atoms with Gasteiger partial charge in [0.2, 0.25) is 11.6 Å². The Hall–Kier alpha value is -1.30. The van der Waals surface area contributed by atoms with Crippen molar-refractivity contribution in [3.63, 3.8) is 0 Å². The third-order valence-corrected chi connectivity index (χ3v) is 2.89. The van der Waals surface area contributed by atoms with Gasteiger partial charge in [0.1, 0.15) is 0 Å². The Morgan fingerprint density at radius 3 is 2.20 bits per heavy atom. The first-order chi connectivity index (χ1) is 6.66. The summed E-state index contributed by atoms with van der Waals surface area (Å²) in [4.78, 5) is 13.3. The molecule has 6 heteroatoms. The second-order valence-corrected chi connectivity index (χ2v) is 4.78. The van der Waals surface area contributed by atoms with Crippen molar-refractivity contribution in [1.29, 1.82) is 0 Å². The highest BCUT2D eigenvalue weighted by Gasteiger charge is 2.42. The monoisotopic (exact) mass is 211 g/mol. The van der Waals surface area contributed by atoms with Gasteiger partial charge in [-0.05, 0) is 19.1 Å². The predicted molar refractivity (Wildman–Crippen MR) is 55.2 cm³/mol. The molecule has 6 nitrogen and oxygen atoms in total. The van der Waals surface area contributed by atoms with Crippen LogP contribution in [0.5, 0.6) is 0 Å². The van der Waals surface area contributed by atoms with Crippen LogP contribution in [0, 0.1) is 5.41 Å². The standard InChI is InChI=1S/C9H17N5O/c1-8(2,9(3,4)10)6(15)7-11-13-14(5)12-7/h10H2,1-5H3. The van der Waals surface area contributed by atoms with Gasteiger partial charge in [-0.25, -0.2) is 0 Å². The molecule has 0 fully saturated rings. The Morgan fingerprint density at radius 2 is 1.87 bits per heavy atom. The molecule has 0 radical (unpaired) electrons. The van der Waals surface area contributed by atoms with Crippen LogP contribution in [0.3, 0.4) is 0 Å². The summed E-state index contributed by atoms with van der Waals surface area (Å²) < 4.78 is 0. The van der Waals surface area contributed by atoms with Gasteiger partial charge in [0.05, 0.1) is 7.05 Å². The minimum absolute atomic E-state index is 0.112. The van der Waals surface area contributed by atoms with Crippen LogP contribution in [0.25, 0.3) is 0 Å². The minimum atomic E-state index is -0.726. The normalized spacial score (nSPS) is 12.9. The molecule has 15 heavy (non-hydrogen) atoms. The summed E-state index contributed by atoms with van der Waals surface area (Å²) >= 11 is 0. The number of nitrogens with zero attached hydrogens (tertiary/aromatic N) is 4. The number of rotatable bonds is 3. The molecule has 0 aliphatic carbocycles. The zero-order valence-corrected chi connectivity index (χ0v) is 9.77. The fourth-order valence-corrected chi connectivity index (χ4v) is 0.947. The average Bonchev–Trinajstić information content (AvgIpc) is 2.48. The van der Waals surface area contributed by atoms with E-state index in [0.717, 1.165) is 0 Å². The van der Waals surface area contributed by atoms with Crippen molar-refractivity contribution in [2.45, 2.75) is 33.2 Å². The van der Waals surface area contributed by atoms with Crippen LogP contribution < -0.4 is 5.73 Å². The number of aromatic nitrogens is 4. The number of aryl methyl sites for hydroxylation is 1. The fourth-order valence-electron chi connectivity index (χ4n) is 0.947. The first-order valence-electron chi connectivity index (χ1n) is 4.74. The van der Waals surface area contributed by atoms with Crippen molar-refractivity contribution in [1.82, 2.24) is 20.2 Å². The fraction of sp³-hybridized carbons (Fsp3) is 0.778. The van der Waals surface area contributed by atoms with E-state index in [0.29, 0.717) is 0 Å². The minimum Gasteiger partial charge on any atom is -0.325 e. The number of carbonyl (C=O) groups is 1. The molecule has 84 valence electrons. The van der Waals surface area contributed by atoms with Crippen LogP contribution in [0.15, 0.2) is 0 Å². The van der Waals surface area contributed by atoms with E-state index >= 15 is 0 Å². The van der Waals surface area contributed by atoms with Crippen molar-refractivity contribution in [3.05, 3.63) is 5.82 Å².